The Morgan fingerprint density at radius 1 is 0.904 bits per heavy atom. The number of nitrogens with one attached hydrogen (secondary N) is 2. The number of methoxy groups -OCH3 is 1. The lowest BCUT2D eigenvalue weighted by Gasteiger charge is -2.39. The predicted octanol–water partition coefficient (Wildman–Crippen LogP) is 6.63. The number of urea groups is 2. The third kappa shape index (κ3) is 9.09. The Labute approximate surface area is 321 Å². The molecule has 6 rings (SSSR count). The Kier molecular flexibility index (Phi) is 12.4. The molecule has 4 N–H and O–H groups in total. The van der Waals surface area contributed by atoms with Crippen LogP contribution in [0.2, 0.25) is 0 Å². The van der Waals surface area contributed by atoms with Gasteiger partial charge in [-0.2, -0.15) is 0 Å². The summed E-state index contributed by atoms with van der Waals surface area (Å²) in [7, 11) is 1.38. The van der Waals surface area contributed by atoms with Gasteiger partial charge in [0.2, 0.25) is 5.91 Å². The molecule has 0 radical (unpaired) electrons. The summed E-state index contributed by atoms with van der Waals surface area (Å²) in [5, 5.41) is 6.15. The van der Waals surface area contributed by atoms with Gasteiger partial charge >= 0.3 is 18.0 Å². The summed E-state index contributed by atoms with van der Waals surface area (Å²) < 4.78 is 6.24. The van der Waals surface area contributed by atoms with E-state index in [4.69, 9.17) is 10.5 Å². The number of halogens is 2. The molecule has 2 saturated heterocycles. The molecule has 5 amide bonds. The average Bonchev–Trinajstić information content (AvgIpc) is 3.33. The highest BCUT2D eigenvalue weighted by Gasteiger charge is 2.34. The van der Waals surface area contributed by atoms with Gasteiger partial charge in [-0.15, -0.1) is 0 Å². The molecule has 0 bridgehead atoms. The molecule has 3 heterocycles. The van der Waals surface area contributed by atoms with E-state index in [-0.39, 0.29) is 30.0 Å². The number of carbonyl (C=O) groups is 4. The summed E-state index contributed by atoms with van der Waals surface area (Å²) in [5.41, 5.74) is 11.3. The number of likely N-dealkylation sites (tertiary alicyclic amines) is 2. The first-order chi connectivity index (χ1) is 25.1. The fourth-order valence-corrected chi connectivity index (χ4v) is 8.79. The van der Waals surface area contributed by atoms with Gasteiger partial charge in [0.25, 0.3) is 0 Å². The third-order valence-electron chi connectivity index (χ3n) is 10.7. The molecule has 3 aliphatic rings. The maximum absolute atomic E-state index is 14.1. The molecular weight excluding hydrogens is 792 g/mol. The van der Waals surface area contributed by atoms with Crippen molar-refractivity contribution in [1.29, 1.82) is 0 Å². The number of rotatable bonds is 9. The van der Waals surface area contributed by atoms with Crippen molar-refractivity contribution in [3.05, 3.63) is 91.9 Å². The quantitative estimate of drug-likeness (QED) is 0.164. The Morgan fingerprint density at radius 3 is 2.23 bits per heavy atom. The van der Waals surface area contributed by atoms with Crippen LogP contribution in [-0.4, -0.2) is 90.6 Å². The largest absolute Gasteiger partial charge is 0.465 e. The first-order valence-corrected chi connectivity index (χ1v) is 19.6. The lowest BCUT2D eigenvalue weighted by Crippen LogP contribution is -2.56. The molecule has 0 saturated carbocycles. The number of esters is 1. The molecule has 0 aliphatic carbocycles. The van der Waals surface area contributed by atoms with E-state index < -0.39 is 6.04 Å². The topological polar surface area (TPSA) is 137 Å². The number of piperidine rings is 2. The van der Waals surface area contributed by atoms with Crippen LogP contribution in [0.25, 0.3) is 0 Å². The fourth-order valence-electron chi connectivity index (χ4n) is 7.51. The van der Waals surface area contributed by atoms with E-state index in [0.29, 0.717) is 69.2 Å². The molecule has 0 spiro atoms. The summed E-state index contributed by atoms with van der Waals surface area (Å²) in [6, 6.07) is 18.1. The molecule has 3 aliphatic heterocycles. The second kappa shape index (κ2) is 17.2. The summed E-state index contributed by atoms with van der Waals surface area (Å²) >= 11 is 7.04. The van der Waals surface area contributed by atoms with Gasteiger partial charge in [0.1, 0.15) is 6.04 Å². The Hall–Kier alpha value is -4.10. The van der Waals surface area contributed by atoms with Crippen molar-refractivity contribution in [2.45, 2.75) is 63.5 Å². The van der Waals surface area contributed by atoms with Crippen molar-refractivity contribution < 1.29 is 23.9 Å². The number of ether oxygens (including phenoxy) is 1. The van der Waals surface area contributed by atoms with Crippen LogP contribution in [0, 0.1) is 5.92 Å². The van der Waals surface area contributed by atoms with Crippen LogP contribution in [0.3, 0.4) is 0 Å². The number of hydrogen-bond donors (Lipinski definition) is 3. The SMILES string of the molecule is COC(=O)c1ccc(CCC2CCN(C(=O)[C@H](Cc3cc(Br)c(N)c(Br)c3)NC(=O)N3CCC(N4CCc5ccccc5NC4=O)CC3)CC2)cc1. The minimum Gasteiger partial charge on any atom is -0.465 e. The van der Waals surface area contributed by atoms with Crippen molar-refractivity contribution in [3.63, 3.8) is 0 Å². The zero-order chi connectivity index (χ0) is 36.8. The number of aryl methyl sites for hydroxylation is 1. The number of anilines is 2. The monoisotopic (exact) mass is 836 g/mol. The average molecular weight is 839 g/mol. The Balaban J connectivity index is 1.05. The third-order valence-corrected chi connectivity index (χ3v) is 12.0. The highest BCUT2D eigenvalue weighted by molar-refractivity contribution is 9.11. The van der Waals surface area contributed by atoms with E-state index in [2.05, 4.69) is 42.5 Å². The number of amides is 5. The number of fused-ring (bicyclic) bond motifs is 1. The van der Waals surface area contributed by atoms with Crippen LogP contribution in [0.1, 0.15) is 59.2 Å². The zero-order valence-corrected chi connectivity index (χ0v) is 32.6. The minimum absolute atomic E-state index is 0.0285. The predicted molar refractivity (Wildman–Crippen MR) is 208 cm³/mol. The number of nitrogens with zero attached hydrogens (tertiary/aromatic N) is 3. The number of hydrogen-bond acceptors (Lipinski definition) is 6. The fraction of sp³-hybridized carbons (Fsp3) is 0.436. The number of para-hydroxylation sites is 1. The van der Waals surface area contributed by atoms with E-state index in [1.54, 1.807) is 17.0 Å². The van der Waals surface area contributed by atoms with Crippen molar-refractivity contribution in [2.24, 2.45) is 5.92 Å². The number of nitrogens with two attached hydrogens (primary N) is 1. The van der Waals surface area contributed by atoms with Crippen molar-refractivity contribution in [1.82, 2.24) is 20.0 Å². The molecule has 11 nitrogen and oxygen atoms in total. The van der Waals surface area contributed by atoms with E-state index in [9.17, 15) is 19.2 Å². The molecule has 1 atom stereocenters. The number of benzene rings is 3. The summed E-state index contributed by atoms with van der Waals surface area (Å²) in [6.45, 7) is 2.86. The molecule has 3 aromatic rings. The maximum atomic E-state index is 14.1. The van der Waals surface area contributed by atoms with Gasteiger partial charge in [-0.1, -0.05) is 30.3 Å². The van der Waals surface area contributed by atoms with Gasteiger partial charge in [0.05, 0.1) is 18.4 Å². The highest BCUT2D eigenvalue weighted by Crippen LogP contribution is 2.31. The van der Waals surface area contributed by atoms with Gasteiger partial charge in [-0.3, -0.25) is 4.79 Å². The van der Waals surface area contributed by atoms with Crippen LogP contribution in [-0.2, 0) is 28.8 Å². The minimum atomic E-state index is -0.757. The molecular formula is C39H46Br2N6O5. The molecule has 0 unspecified atom stereocenters. The summed E-state index contributed by atoms with van der Waals surface area (Å²) in [6.07, 6.45) is 6.08. The van der Waals surface area contributed by atoms with Crippen LogP contribution in [0.15, 0.2) is 69.6 Å². The van der Waals surface area contributed by atoms with Gasteiger partial charge in [-0.25, -0.2) is 14.4 Å². The summed E-state index contributed by atoms with van der Waals surface area (Å²) in [5.74, 6) is 0.0398. The second-order valence-corrected chi connectivity index (χ2v) is 15.6. The lowest BCUT2D eigenvalue weighted by molar-refractivity contribution is -0.134. The first kappa shape index (κ1) is 37.7. The molecule has 276 valence electrons. The maximum Gasteiger partial charge on any atom is 0.337 e. The molecule has 0 aromatic heterocycles. The molecule has 13 heteroatoms. The van der Waals surface area contributed by atoms with Crippen LogP contribution < -0.4 is 16.4 Å². The summed E-state index contributed by atoms with van der Waals surface area (Å²) in [4.78, 5) is 58.3. The van der Waals surface area contributed by atoms with E-state index in [0.717, 1.165) is 57.9 Å². The van der Waals surface area contributed by atoms with Crippen LogP contribution in [0.5, 0.6) is 0 Å². The van der Waals surface area contributed by atoms with Crippen molar-refractivity contribution in [3.8, 4) is 0 Å². The van der Waals surface area contributed by atoms with Crippen molar-refractivity contribution in [2.75, 3.05) is 50.9 Å². The van der Waals surface area contributed by atoms with Gasteiger partial charge in [0, 0.05) is 59.8 Å². The standard InChI is InChI=1S/C39H46Br2N6O5/c1-52-37(49)29-10-8-25(9-11-29)6-7-26-12-17-45(18-13-26)36(48)34(24-27-22-31(40)35(42)32(41)23-27)44-38(50)46-19-15-30(16-20-46)47-21-14-28-4-2-3-5-33(28)43-39(47)51/h2-5,8-11,22-23,26,30,34H,6-7,12-21,24,42H2,1H3,(H,43,51)(H,44,50)/t34-/m0/s1. The molecule has 52 heavy (non-hydrogen) atoms. The smallest absolute Gasteiger partial charge is 0.337 e. The van der Waals surface area contributed by atoms with E-state index in [1.807, 2.05) is 58.3 Å². The Morgan fingerprint density at radius 2 is 1.56 bits per heavy atom. The second-order valence-electron chi connectivity index (χ2n) is 13.9. The van der Waals surface area contributed by atoms with Gasteiger partial charge in [-0.05, 0) is 130 Å². The highest BCUT2D eigenvalue weighted by atomic mass is 79.9. The zero-order valence-electron chi connectivity index (χ0n) is 29.4. The van der Waals surface area contributed by atoms with Gasteiger partial charge < -0.3 is 35.8 Å². The van der Waals surface area contributed by atoms with Gasteiger partial charge in [0.15, 0.2) is 0 Å². The van der Waals surface area contributed by atoms with Crippen molar-refractivity contribution >= 4 is 67.2 Å². The Bertz CT molecular complexity index is 1750. The number of carbonyl (C=O) groups excluding carboxylic acids is 4. The normalized spacial score (nSPS) is 17.5. The lowest BCUT2D eigenvalue weighted by atomic mass is 9.90. The van der Waals surface area contributed by atoms with Crippen LogP contribution >= 0.6 is 31.9 Å². The first-order valence-electron chi connectivity index (χ1n) is 18.0. The van der Waals surface area contributed by atoms with E-state index in [1.165, 1.54) is 12.7 Å². The molecule has 2 fully saturated rings. The molecule has 3 aromatic carbocycles. The van der Waals surface area contributed by atoms with E-state index >= 15 is 0 Å². The van der Waals surface area contributed by atoms with Crippen LogP contribution in [0.4, 0.5) is 21.0 Å². The number of nitrogen functional groups attached to an aromatic ring is 1.